The van der Waals surface area contributed by atoms with E-state index >= 15 is 0 Å². The molecule has 0 bridgehead atoms. The van der Waals surface area contributed by atoms with E-state index in [0.717, 1.165) is 27.7 Å². The van der Waals surface area contributed by atoms with Crippen molar-refractivity contribution in [2.45, 2.75) is 32.7 Å². The van der Waals surface area contributed by atoms with Crippen molar-refractivity contribution in [2.75, 3.05) is 14.1 Å². The molecule has 6 heteroatoms. The van der Waals surface area contributed by atoms with Crippen molar-refractivity contribution in [1.82, 2.24) is 14.5 Å². The molecule has 0 radical (unpaired) electrons. The second kappa shape index (κ2) is 7.69. The quantitative estimate of drug-likeness (QED) is 0.640. The predicted octanol–water partition coefficient (Wildman–Crippen LogP) is 4.63. The first kappa shape index (κ1) is 19.4. The van der Waals surface area contributed by atoms with E-state index in [9.17, 15) is 9.18 Å². The number of benzene rings is 1. The van der Waals surface area contributed by atoms with E-state index in [4.69, 9.17) is 11.6 Å². The van der Waals surface area contributed by atoms with E-state index in [1.807, 2.05) is 36.7 Å². The molecular weight excluding hydrogens is 365 g/mol. The number of rotatable bonds is 5. The average molecular weight is 388 g/mol. The zero-order valence-electron chi connectivity index (χ0n) is 16.0. The molecule has 0 aliphatic rings. The van der Waals surface area contributed by atoms with Gasteiger partial charge in [0.2, 0.25) is 5.91 Å². The summed E-state index contributed by atoms with van der Waals surface area (Å²) in [7, 11) is 3.48. The minimum Gasteiger partial charge on any atom is -0.347 e. The van der Waals surface area contributed by atoms with Crippen molar-refractivity contribution >= 4 is 28.4 Å². The van der Waals surface area contributed by atoms with E-state index in [1.165, 1.54) is 6.07 Å². The third kappa shape index (κ3) is 3.98. The number of hydrogen-bond acceptors (Lipinski definition) is 2. The van der Waals surface area contributed by atoms with E-state index in [-0.39, 0.29) is 24.2 Å². The van der Waals surface area contributed by atoms with Gasteiger partial charge in [-0.1, -0.05) is 25.4 Å². The van der Waals surface area contributed by atoms with Crippen LogP contribution in [0.4, 0.5) is 4.39 Å². The highest BCUT2D eigenvalue weighted by molar-refractivity contribution is 6.31. The molecule has 0 fully saturated rings. The van der Waals surface area contributed by atoms with Gasteiger partial charge in [-0.05, 0) is 41.3 Å². The molecule has 0 unspecified atom stereocenters. The first-order valence-corrected chi connectivity index (χ1v) is 9.26. The summed E-state index contributed by atoms with van der Waals surface area (Å²) >= 11 is 6.37. The summed E-state index contributed by atoms with van der Waals surface area (Å²) in [5.74, 6) is -0.156. The molecule has 2 aromatic heterocycles. The number of pyridine rings is 1. The molecule has 2 heterocycles. The number of hydrogen-bond donors (Lipinski definition) is 0. The minimum atomic E-state index is -0.327. The van der Waals surface area contributed by atoms with Crippen LogP contribution in [0.25, 0.3) is 10.9 Å². The van der Waals surface area contributed by atoms with Gasteiger partial charge in [-0.15, -0.1) is 0 Å². The van der Waals surface area contributed by atoms with Crippen molar-refractivity contribution < 1.29 is 9.18 Å². The number of amides is 1. The van der Waals surface area contributed by atoms with Crippen molar-refractivity contribution in [3.8, 4) is 0 Å². The molecule has 0 atom stereocenters. The lowest BCUT2D eigenvalue weighted by atomic mass is 9.93. The van der Waals surface area contributed by atoms with Crippen LogP contribution in [0.15, 0.2) is 36.7 Å². The third-order valence-electron chi connectivity index (χ3n) is 4.75. The van der Waals surface area contributed by atoms with Gasteiger partial charge in [-0.2, -0.15) is 0 Å². The van der Waals surface area contributed by atoms with Crippen LogP contribution >= 0.6 is 11.6 Å². The summed E-state index contributed by atoms with van der Waals surface area (Å²) in [6, 6.07) is 6.77. The van der Waals surface area contributed by atoms with Crippen LogP contribution in [0.1, 0.15) is 36.6 Å². The summed E-state index contributed by atoms with van der Waals surface area (Å²) in [6.45, 7) is 4.31. The first-order chi connectivity index (χ1) is 12.8. The maximum Gasteiger partial charge on any atom is 0.241 e. The first-order valence-electron chi connectivity index (χ1n) is 8.88. The standard InChI is InChI=1S/C21H23ClFN3O/c1-13(2)16-9-14(23)10-18(22)17(16)11-19-15-6-8-26(12-21(27)25(3)4)20(15)5-7-24-19/h5-10,13H,11-12H2,1-4H3. The molecule has 0 spiro atoms. The van der Waals surface area contributed by atoms with Crippen LogP contribution in [0.3, 0.4) is 0 Å². The number of carbonyl (C=O) groups is 1. The molecule has 0 saturated carbocycles. The van der Waals surface area contributed by atoms with E-state index in [1.54, 1.807) is 31.3 Å². The normalized spacial score (nSPS) is 11.4. The van der Waals surface area contributed by atoms with Crippen LogP contribution < -0.4 is 0 Å². The van der Waals surface area contributed by atoms with Gasteiger partial charge in [0, 0.05) is 43.3 Å². The Balaban J connectivity index is 2.02. The van der Waals surface area contributed by atoms with Gasteiger partial charge in [-0.3, -0.25) is 9.78 Å². The largest absolute Gasteiger partial charge is 0.347 e. The van der Waals surface area contributed by atoms with Gasteiger partial charge in [0.1, 0.15) is 12.4 Å². The molecule has 27 heavy (non-hydrogen) atoms. The number of aromatic nitrogens is 2. The Labute approximate surface area is 163 Å². The molecule has 1 amide bonds. The second-order valence-corrected chi connectivity index (χ2v) is 7.62. The summed E-state index contributed by atoms with van der Waals surface area (Å²) < 4.78 is 15.7. The topological polar surface area (TPSA) is 38.1 Å². The van der Waals surface area contributed by atoms with Crippen LogP contribution in [0.5, 0.6) is 0 Å². The van der Waals surface area contributed by atoms with E-state index in [2.05, 4.69) is 4.98 Å². The maximum absolute atomic E-state index is 13.8. The van der Waals surface area contributed by atoms with Gasteiger partial charge in [0.25, 0.3) is 0 Å². The minimum absolute atomic E-state index is 0.0227. The Morgan fingerprint density at radius 1 is 1.30 bits per heavy atom. The van der Waals surface area contributed by atoms with E-state index < -0.39 is 0 Å². The fourth-order valence-electron chi connectivity index (χ4n) is 3.24. The maximum atomic E-state index is 13.8. The van der Waals surface area contributed by atoms with Gasteiger partial charge < -0.3 is 9.47 Å². The Hall–Kier alpha value is -2.40. The summed E-state index contributed by atoms with van der Waals surface area (Å²) in [5.41, 5.74) is 3.59. The molecule has 0 N–H and O–H groups in total. The Kier molecular flexibility index (Phi) is 5.51. The predicted molar refractivity (Wildman–Crippen MR) is 107 cm³/mol. The molecule has 0 aliphatic carbocycles. The van der Waals surface area contributed by atoms with Gasteiger partial charge in [-0.25, -0.2) is 4.39 Å². The number of halogens is 2. The van der Waals surface area contributed by atoms with Crippen molar-refractivity contribution in [3.05, 3.63) is 64.3 Å². The van der Waals surface area contributed by atoms with Crippen LogP contribution in [-0.2, 0) is 17.8 Å². The smallest absolute Gasteiger partial charge is 0.241 e. The molecule has 3 aromatic rings. The number of fused-ring (bicyclic) bond motifs is 1. The highest BCUT2D eigenvalue weighted by Gasteiger charge is 2.17. The lowest BCUT2D eigenvalue weighted by molar-refractivity contribution is -0.129. The fourth-order valence-corrected chi connectivity index (χ4v) is 3.52. The zero-order valence-corrected chi connectivity index (χ0v) is 16.7. The molecule has 0 aliphatic heterocycles. The fraction of sp³-hybridized carbons (Fsp3) is 0.333. The average Bonchev–Trinajstić information content (AvgIpc) is 3.00. The van der Waals surface area contributed by atoms with Crippen LogP contribution in [-0.4, -0.2) is 34.5 Å². The van der Waals surface area contributed by atoms with E-state index in [0.29, 0.717) is 11.4 Å². The van der Waals surface area contributed by atoms with Crippen molar-refractivity contribution in [2.24, 2.45) is 0 Å². The number of nitrogens with zero attached hydrogens (tertiary/aromatic N) is 3. The Bertz CT molecular complexity index is 995. The summed E-state index contributed by atoms with van der Waals surface area (Å²) in [4.78, 5) is 18.2. The molecule has 4 nitrogen and oxygen atoms in total. The van der Waals surface area contributed by atoms with Crippen LogP contribution in [0, 0.1) is 5.82 Å². The molecular formula is C21H23ClFN3O. The lowest BCUT2D eigenvalue weighted by Crippen LogP contribution is -2.25. The molecule has 1 aromatic carbocycles. The Morgan fingerprint density at radius 3 is 2.70 bits per heavy atom. The van der Waals surface area contributed by atoms with Crippen LogP contribution in [0.2, 0.25) is 5.02 Å². The summed E-state index contributed by atoms with van der Waals surface area (Å²) in [6.07, 6.45) is 4.14. The highest BCUT2D eigenvalue weighted by atomic mass is 35.5. The molecule has 142 valence electrons. The highest BCUT2D eigenvalue weighted by Crippen LogP contribution is 2.31. The Morgan fingerprint density at radius 2 is 2.04 bits per heavy atom. The summed E-state index contributed by atoms with van der Waals surface area (Å²) in [5, 5.41) is 1.39. The third-order valence-corrected chi connectivity index (χ3v) is 5.08. The van der Waals surface area contributed by atoms with Gasteiger partial charge >= 0.3 is 0 Å². The zero-order chi connectivity index (χ0) is 19.7. The lowest BCUT2D eigenvalue weighted by Gasteiger charge is -2.15. The van der Waals surface area contributed by atoms with Gasteiger partial charge in [0.15, 0.2) is 0 Å². The second-order valence-electron chi connectivity index (χ2n) is 7.21. The van der Waals surface area contributed by atoms with Crippen molar-refractivity contribution in [1.29, 1.82) is 0 Å². The van der Waals surface area contributed by atoms with Gasteiger partial charge in [0.05, 0.1) is 11.2 Å². The molecule has 0 saturated heterocycles. The number of carbonyl (C=O) groups excluding carboxylic acids is 1. The molecule has 3 rings (SSSR count). The number of likely N-dealkylation sites (N-methyl/N-ethyl adjacent to an activating group) is 1. The SMILES string of the molecule is CC(C)c1cc(F)cc(Cl)c1Cc1nccc2c1ccn2CC(=O)N(C)C. The monoisotopic (exact) mass is 387 g/mol. The van der Waals surface area contributed by atoms with Crippen molar-refractivity contribution in [3.63, 3.8) is 0 Å².